The Labute approximate surface area is 233 Å². The molecule has 4 heteroatoms. The normalized spacial score (nSPS) is 11.8. The van der Waals surface area contributed by atoms with Gasteiger partial charge in [0.05, 0.1) is 0 Å². The Morgan fingerprint density at radius 1 is 0.923 bits per heavy atom. The number of hydrogen-bond acceptors (Lipinski definition) is 3. The maximum absolute atomic E-state index is 13.0. The molecule has 1 amide bonds. The van der Waals surface area contributed by atoms with Crippen LogP contribution in [0, 0.1) is 0 Å². The minimum absolute atomic E-state index is 0.0518. The van der Waals surface area contributed by atoms with E-state index >= 15 is 0 Å². The molecule has 0 unspecified atom stereocenters. The van der Waals surface area contributed by atoms with Gasteiger partial charge in [0, 0.05) is 53.3 Å². The maximum atomic E-state index is 13.0. The summed E-state index contributed by atoms with van der Waals surface area (Å²) < 4.78 is 6.60. The van der Waals surface area contributed by atoms with Crippen LogP contribution in [0.2, 0.25) is 0 Å². The molecule has 1 aliphatic heterocycles. The van der Waals surface area contributed by atoms with Crippen molar-refractivity contribution in [1.82, 2.24) is 5.32 Å². The highest BCUT2D eigenvalue weighted by atomic mass is 16.5. The SMILES string of the molecule is C=C(C)CCCNC(=O)c1cccc(C2=c3ccc(=C(CC)CC)cc3Oc3cc(N(CC)CC)ccc32)c1. The number of hydrogen-bond donors (Lipinski definition) is 1. The van der Waals surface area contributed by atoms with Crippen molar-refractivity contribution in [1.29, 1.82) is 0 Å². The monoisotopic (exact) mass is 522 g/mol. The fourth-order valence-electron chi connectivity index (χ4n) is 5.36. The van der Waals surface area contributed by atoms with Crippen LogP contribution in [0.5, 0.6) is 11.5 Å². The van der Waals surface area contributed by atoms with Crippen molar-refractivity contribution in [3.05, 3.63) is 99.9 Å². The number of rotatable bonds is 11. The van der Waals surface area contributed by atoms with E-state index in [9.17, 15) is 4.79 Å². The number of fused-ring (bicyclic) bond motifs is 2. The summed E-state index contributed by atoms with van der Waals surface area (Å²) in [6, 6.07) is 21.0. The molecular weight excluding hydrogens is 480 g/mol. The topological polar surface area (TPSA) is 41.6 Å². The predicted octanol–water partition coefficient (Wildman–Crippen LogP) is 6.94. The van der Waals surface area contributed by atoms with Crippen LogP contribution in [0.4, 0.5) is 5.69 Å². The van der Waals surface area contributed by atoms with Gasteiger partial charge >= 0.3 is 0 Å². The van der Waals surface area contributed by atoms with E-state index in [0.29, 0.717) is 12.1 Å². The molecule has 0 atom stereocenters. The first-order valence-electron chi connectivity index (χ1n) is 14.4. The second-order valence-corrected chi connectivity index (χ2v) is 10.2. The Hall–Kier alpha value is -3.79. The zero-order chi connectivity index (χ0) is 27.9. The van der Waals surface area contributed by atoms with Crippen LogP contribution in [-0.4, -0.2) is 25.5 Å². The molecule has 1 aliphatic rings. The molecular formula is C35H42N2O2. The molecule has 1 heterocycles. The molecule has 0 aromatic heterocycles. The summed E-state index contributed by atoms with van der Waals surface area (Å²) in [6.45, 7) is 17.2. The van der Waals surface area contributed by atoms with Gasteiger partial charge in [-0.3, -0.25) is 4.79 Å². The number of benzene rings is 3. The Bertz CT molecular complexity index is 1470. The van der Waals surface area contributed by atoms with E-state index in [-0.39, 0.29) is 5.91 Å². The van der Waals surface area contributed by atoms with Crippen molar-refractivity contribution >= 4 is 22.7 Å². The third-order valence-electron chi connectivity index (χ3n) is 7.58. The molecule has 0 bridgehead atoms. The molecule has 204 valence electrons. The van der Waals surface area contributed by atoms with Crippen molar-refractivity contribution < 1.29 is 9.53 Å². The fourth-order valence-corrected chi connectivity index (χ4v) is 5.36. The lowest BCUT2D eigenvalue weighted by atomic mass is 9.91. The quantitative estimate of drug-likeness (QED) is 0.171. The minimum atomic E-state index is -0.0518. The van der Waals surface area contributed by atoms with Gasteiger partial charge in [0.15, 0.2) is 0 Å². The number of allylic oxidation sites excluding steroid dienone is 1. The molecule has 4 nitrogen and oxygen atoms in total. The summed E-state index contributed by atoms with van der Waals surface area (Å²) in [7, 11) is 0. The largest absolute Gasteiger partial charge is 0.456 e. The highest BCUT2D eigenvalue weighted by Gasteiger charge is 2.22. The van der Waals surface area contributed by atoms with Crippen LogP contribution in [0.25, 0.3) is 11.1 Å². The van der Waals surface area contributed by atoms with E-state index in [2.05, 4.69) is 87.0 Å². The van der Waals surface area contributed by atoms with E-state index in [1.165, 1.54) is 10.8 Å². The molecule has 1 N–H and O–H groups in total. The number of amides is 1. The fraction of sp³-hybridized carbons (Fsp3) is 0.343. The smallest absolute Gasteiger partial charge is 0.251 e. The molecule has 4 rings (SSSR count). The summed E-state index contributed by atoms with van der Waals surface area (Å²) in [5, 5.41) is 5.34. The standard InChI is InChI=1S/C35H42N2O2/c1-7-25(8-2)26-16-18-30-32(22-26)39-33-23-29(37(9-3)10-4)17-19-31(33)34(30)27-14-11-15-28(21-27)35(38)36-20-12-13-24(5)6/h11,14-19,21-23H,5,7-10,12-13,20H2,1-4,6H3,(H,36,38). The van der Waals surface area contributed by atoms with E-state index in [4.69, 9.17) is 4.74 Å². The van der Waals surface area contributed by atoms with Crippen LogP contribution >= 0.6 is 0 Å². The Balaban J connectivity index is 1.84. The Kier molecular flexibility index (Phi) is 9.29. The molecule has 0 saturated heterocycles. The number of nitrogens with one attached hydrogen (secondary N) is 1. The van der Waals surface area contributed by atoms with Crippen molar-refractivity contribution in [2.45, 2.75) is 60.3 Å². The summed E-state index contributed by atoms with van der Waals surface area (Å²) in [6.07, 6.45) is 3.83. The van der Waals surface area contributed by atoms with Crippen LogP contribution < -0.4 is 25.4 Å². The second kappa shape index (κ2) is 12.8. The van der Waals surface area contributed by atoms with E-state index in [1.807, 2.05) is 25.1 Å². The lowest BCUT2D eigenvalue weighted by Gasteiger charge is -2.26. The van der Waals surface area contributed by atoms with E-state index < -0.39 is 0 Å². The number of carbonyl (C=O) groups excluding carboxylic acids is 1. The average Bonchev–Trinajstić information content (AvgIpc) is 2.95. The van der Waals surface area contributed by atoms with Gasteiger partial charge in [0.25, 0.3) is 5.91 Å². The van der Waals surface area contributed by atoms with Gasteiger partial charge in [-0.2, -0.15) is 0 Å². The molecule has 3 aromatic carbocycles. The van der Waals surface area contributed by atoms with Crippen LogP contribution in [0.3, 0.4) is 0 Å². The van der Waals surface area contributed by atoms with Crippen LogP contribution in [-0.2, 0) is 0 Å². The molecule has 39 heavy (non-hydrogen) atoms. The van der Waals surface area contributed by atoms with Gasteiger partial charge < -0.3 is 15.0 Å². The van der Waals surface area contributed by atoms with Crippen LogP contribution in [0.1, 0.15) is 81.8 Å². The lowest BCUT2D eigenvalue weighted by Crippen LogP contribution is -2.25. The molecule has 3 aromatic rings. The minimum Gasteiger partial charge on any atom is -0.456 e. The van der Waals surface area contributed by atoms with E-state index in [1.54, 1.807) is 0 Å². The highest BCUT2D eigenvalue weighted by Crippen LogP contribution is 2.38. The van der Waals surface area contributed by atoms with Crippen molar-refractivity contribution in [2.24, 2.45) is 0 Å². The lowest BCUT2D eigenvalue weighted by molar-refractivity contribution is 0.0953. The van der Waals surface area contributed by atoms with Gasteiger partial charge in [-0.1, -0.05) is 43.2 Å². The van der Waals surface area contributed by atoms with E-state index in [0.717, 1.165) is 83.5 Å². The van der Waals surface area contributed by atoms with Gasteiger partial charge in [0.1, 0.15) is 11.5 Å². The van der Waals surface area contributed by atoms with Gasteiger partial charge in [-0.25, -0.2) is 0 Å². The number of carbonyl (C=O) groups is 1. The second-order valence-electron chi connectivity index (χ2n) is 10.2. The first-order valence-corrected chi connectivity index (χ1v) is 14.4. The van der Waals surface area contributed by atoms with Crippen molar-refractivity contribution in [2.75, 3.05) is 24.5 Å². The average molecular weight is 523 g/mol. The number of ether oxygens (including phenoxy) is 1. The zero-order valence-electron chi connectivity index (χ0n) is 24.2. The van der Waals surface area contributed by atoms with Gasteiger partial charge in [-0.05, 0) is 93.6 Å². The van der Waals surface area contributed by atoms with Crippen molar-refractivity contribution in [3.8, 4) is 11.5 Å². The third kappa shape index (κ3) is 6.27. The summed E-state index contributed by atoms with van der Waals surface area (Å²) in [5.74, 6) is 1.66. The van der Waals surface area contributed by atoms with Crippen LogP contribution in [0.15, 0.2) is 72.8 Å². The predicted molar refractivity (Wildman–Crippen MR) is 164 cm³/mol. The Morgan fingerprint density at radius 3 is 2.38 bits per heavy atom. The summed E-state index contributed by atoms with van der Waals surface area (Å²) in [5.41, 5.74) is 7.50. The summed E-state index contributed by atoms with van der Waals surface area (Å²) >= 11 is 0. The Morgan fingerprint density at radius 2 is 1.69 bits per heavy atom. The molecule has 0 spiro atoms. The highest BCUT2D eigenvalue weighted by molar-refractivity contribution is 5.96. The molecule has 0 radical (unpaired) electrons. The zero-order valence-corrected chi connectivity index (χ0v) is 24.2. The first-order chi connectivity index (χ1) is 18.9. The number of anilines is 1. The molecule has 0 saturated carbocycles. The van der Waals surface area contributed by atoms with Crippen molar-refractivity contribution in [3.63, 3.8) is 0 Å². The molecule has 0 fully saturated rings. The van der Waals surface area contributed by atoms with Gasteiger partial charge in [0.2, 0.25) is 0 Å². The maximum Gasteiger partial charge on any atom is 0.251 e. The molecule has 0 aliphatic carbocycles. The summed E-state index contributed by atoms with van der Waals surface area (Å²) in [4.78, 5) is 15.3. The first kappa shape index (κ1) is 28.2. The van der Waals surface area contributed by atoms with Gasteiger partial charge in [-0.15, -0.1) is 6.58 Å². The number of nitrogens with zero attached hydrogens (tertiary/aromatic N) is 1. The third-order valence-corrected chi connectivity index (χ3v) is 7.58.